The second-order valence-corrected chi connectivity index (χ2v) is 6.29. The van der Waals surface area contributed by atoms with Gasteiger partial charge < -0.3 is 5.73 Å². The highest BCUT2D eigenvalue weighted by Gasteiger charge is 2.25. The zero-order valence-electron chi connectivity index (χ0n) is 12.6. The molecule has 1 aliphatic rings. The van der Waals surface area contributed by atoms with Crippen LogP contribution in [-0.4, -0.2) is 24.0 Å². The molecule has 1 heterocycles. The molecule has 0 radical (unpaired) electrons. The molecule has 1 saturated heterocycles. The van der Waals surface area contributed by atoms with Gasteiger partial charge >= 0.3 is 0 Å². The maximum Gasteiger partial charge on any atom is 0.0496 e. The molecule has 0 amide bonds. The summed E-state index contributed by atoms with van der Waals surface area (Å²) in [7, 11) is 0. The number of rotatable bonds is 3. The van der Waals surface area contributed by atoms with Crippen LogP contribution in [0.1, 0.15) is 50.3 Å². The minimum absolute atomic E-state index is 0.177. The lowest BCUT2D eigenvalue weighted by Gasteiger charge is -2.34. The lowest BCUT2D eigenvalue weighted by atomic mass is 9.98. The average molecular weight is 260 g/mol. The molecule has 106 valence electrons. The van der Waals surface area contributed by atoms with Gasteiger partial charge in [-0.3, -0.25) is 4.90 Å². The van der Waals surface area contributed by atoms with E-state index in [1.165, 1.54) is 43.5 Å². The van der Waals surface area contributed by atoms with Crippen LogP contribution in [0.4, 0.5) is 0 Å². The van der Waals surface area contributed by atoms with E-state index in [0.717, 1.165) is 5.92 Å². The van der Waals surface area contributed by atoms with Gasteiger partial charge in [0.1, 0.15) is 0 Å². The summed E-state index contributed by atoms with van der Waals surface area (Å²) in [6.07, 6.45) is 3.96. The number of nitrogens with two attached hydrogens (primary N) is 1. The first-order chi connectivity index (χ1) is 9.08. The van der Waals surface area contributed by atoms with Crippen molar-refractivity contribution in [1.82, 2.24) is 4.90 Å². The fraction of sp³-hybridized carbons (Fsp3) is 0.647. The first kappa shape index (κ1) is 14.5. The minimum Gasteiger partial charge on any atom is -0.326 e. The van der Waals surface area contributed by atoms with Crippen LogP contribution in [0, 0.1) is 12.8 Å². The van der Waals surface area contributed by atoms with E-state index >= 15 is 0 Å². The molecule has 3 unspecified atom stereocenters. The van der Waals surface area contributed by atoms with Crippen molar-refractivity contribution in [2.45, 2.75) is 52.1 Å². The molecule has 19 heavy (non-hydrogen) atoms. The molecule has 1 fully saturated rings. The van der Waals surface area contributed by atoms with Crippen molar-refractivity contribution in [1.29, 1.82) is 0 Å². The van der Waals surface area contributed by atoms with Crippen LogP contribution in [0.15, 0.2) is 24.3 Å². The van der Waals surface area contributed by atoms with E-state index in [1.807, 2.05) is 0 Å². The number of likely N-dealkylation sites (tertiary alicyclic amines) is 1. The Kier molecular flexibility index (Phi) is 5.00. The Morgan fingerprint density at radius 1 is 1.16 bits per heavy atom. The molecule has 2 nitrogen and oxygen atoms in total. The summed E-state index contributed by atoms with van der Waals surface area (Å²) in [5, 5.41) is 0. The zero-order chi connectivity index (χ0) is 13.8. The molecule has 0 saturated carbocycles. The molecule has 0 aromatic heterocycles. The van der Waals surface area contributed by atoms with Crippen LogP contribution in [0.5, 0.6) is 0 Å². The number of hydrogen-bond donors (Lipinski definition) is 1. The summed E-state index contributed by atoms with van der Waals surface area (Å²) in [6.45, 7) is 9.01. The molecule has 3 atom stereocenters. The normalized spacial score (nSPS) is 24.7. The van der Waals surface area contributed by atoms with Crippen LogP contribution in [-0.2, 0) is 0 Å². The summed E-state index contributed by atoms with van der Waals surface area (Å²) in [5.74, 6) is 0.858. The van der Waals surface area contributed by atoms with Crippen molar-refractivity contribution in [2.24, 2.45) is 11.7 Å². The molecular weight excluding hydrogens is 232 g/mol. The van der Waals surface area contributed by atoms with Gasteiger partial charge in [-0.2, -0.15) is 0 Å². The summed E-state index contributed by atoms with van der Waals surface area (Å²) >= 11 is 0. The molecule has 0 bridgehead atoms. The van der Waals surface area contributed by atoms with E-state index in [1.54, 1.807) is 0 Å². The maximum atomic E-state index is 6.28. The number of aryl methyl sites for hydroxylation is 1. The Bertz CT molecular complexity index is 383. The average Bonchev–Trinajstić information content (AvgIpc) is 2.57. The Morgan fingerprint density at radius 3 is 2.47 bits per heavy atom. The van der Waals surface area contributed by atoms with Gasteiger partial charge in [0.05, 0.1) is 0 Å². The van der Waals surface area contributed by atoms with Crippen molar-refractivity contribution in [3.63, 3.8) is 0 Å². The fourth-order valence-electron chi connectivity index (χ4n) is 3.17. The summed E-state index contributed by atoms with van der Waals surface area (Å²) in [5.41, 5.74) is 8.97. The van der Waals surface area contributed by atoms with E-state index in [9.17, 15) is 0 Å². The van der Waals surface area contributed by atoms with E-state index in [-0.39, 0.29) is 6.04 Å². The molecule has 2 N–H and O–H groups in total. The summed E-state index contributed by atoms with van der Waals surface area (Å²) in [6, 6.07) is 9.44. The highest BCUT2D eigenvalue weighted by atomic mass is 15.2. The highest BCUT2D eigenvalue weighted by Crippen LogP contribution is 2.28. The maximum absolute atomic E-state index is 6.28. The molecule has 1 aromatic rings. The third-order valence-corrected chi connectivity index (χ3v) is 4.36. The van der Waals surface area contributed by atoms with E-state index in [2.05, 4.69) is 49.9 Å². The van der Waals surface area contributed by atoms with Crippen molar-refractivity contribution in [3.8, 4) is 0 Å². The Morgan fingerprint density at radius 2 is 1.84 bits per heavy atom. The molecular formula is C17H28N2. The third-order valence-electron chi connectivity index (χ3n) is 4.36. The monoisotopic (exact) mass is 260 g/mol. The molecule has 0 aliphatic carbocycles. The topological polar surface area (TPSA) is 29.3 Å². The van der Waals surface area contributed by atoms with Crippen molar-refractivity contribution in [3.05, 3.63) is 35.4 Å². The number of hydrogen-bond acceptors (Lipinski definition) is 2. The predicted octanol–water partition coefficient (Wildman–Crippen LogP) is 3.51. The Hall–Kier alpha value is -0.860. The van der Waals surface area contributed by atoms with Gasteiger partial charge in [0.25, 0.3) is 0 Å². The van der Waals surface area contributed by atoms with Gasteiger partial charge in [-0.1, -0.05) is 36.8 Å². The van der Waals surface area contributed by atoms with Gasteiger partial charge in [-0.05, 0) is 57.7 Å². The van der Waals surface area contributed by atoms with E-state index < -0.39 is 0 Å². The molecule has 1 aromatic carbocycles. The second-order valence-electron chi connectivity index (χ2n) is 6.29. The van der Waals surface area contributed by atoms with Gasteiger partial charge in [0, 0.05) is 12.1 Å². The predicted molar refractivity (Wildman–Crippen MR) is 82.2 cm³/mol. The molecule has 2 rings (SSSR count). The molecule has 1 aliphatic heterocycles. The quantitative estimate of drug-likeness (QED) is 0.901. The van der Waals surface area contributed by atoms with Gasteiger partial charge in [0.2, 0.25) is 0 Å². The van der Waals surface area contributed by atoms with Gasteiger partial charge in [-0.25, -0.2) is 0 Å². The van der Waals surface area contributed by atoms with Crippen LogP contribution < -0.4 is 5.73 Å². The SMILES string of the molecule is Cc1ccc(C(C(C)N)N2CCCC(C)CC2)cc1. The number of benzene rings is 1. The van der Waals surface area contributed by atoms with E-state index in [4.69, 9.17) is 5.73 Å². The Labute approximate surface area is 118 Å². The molecule has 2 heteroatoms. The standard InChI is InChI=1S/C17H28N2/c1-13-5-4-11-19(12-10-13)17(15(3)18)16-8-6-14(2)7-9-16/h6-9,13,15,17H,4-5,10-12,18H2,1-3H3. The Balaban J connectivity index is 2.17. The fourth-order valence-corrected chi connectivity index (χ4v) is 3.17. The van der Waals surface area contributed by atoms with Crippen LogP contribution >= 0.6 is 0 Å². The first-order valence-corrected chi connectivity index (χ1v) is 7.64. The van der Waals surface area contributed by atoms with Crippen molar-refractivity contribution in [2.75, 3.05) is 13.1 Å². The summed E-state index contributed by atoms with van der Waals surface area (Å²) in [4.78, 5) is 2.60. The smallest absolute Gasteiger partial charge is 0.0496 e. The zero-order valence-corrected chi connectivity index (χ0v) is 12.6. The first-order valence-electron chi connectivity index (χ1n) is 7.64. The summed E-state index contributed by atoms with van der Waals surface area (Å²) < 4.78 is 0. The van der Waals surface area contributed by atoms with Crippen LogP contribution in [0.3, 0.4) is 0 Å². The van der Waals surface area contributed by atoms with Crippen molar-refractivity contribution < 1.29 is 0 Å². The number of nitrogens with zero attached hydrogens (tertiary/aromatic N) is 1. The molecule has 0 spiro atoms. The highest BCUT2D eigenvalue weighted by molar-refractivity contribution is 5.25. The largest absolute Gasteiger partial charge is 0.326 e. The van der Waals surface area contributed by atoms with Crippen molar-refractivity contribution >= 4 is 0 Å². The lowest BCUT2D eigenvalue weighted by molar-refractivity contribution is 0.181. The minimum atomic E-state index is 0.177. The third kappa shape index (κ3) is 3.80. The van der Waals surface area contributed by atoms with E-state index in [0.29, 0.717) is 6.04 Å². The van der Waals surface area contributed by atoms with Gasteiger partial charge in [-0.15, -0.1) is 0 Å². The van der Waals surface area contributed by atoms with Crippen LogP contribution in [0.2, 0.25) is 0 Å². The lowest BCUT2D eigenvalue weighted by Crippen LogP contribution is -2.40. The van der Waals surface area contributed by atoms with Gasteiger partial charge in [0.15, 0.2) is 0 Å². The second kappa shape index (κ2) is 6.53. The van der Waals surface area contributed by atoms with Crippen LogP contribution in [0.25, 0.3) is 0 Å².